The van der Waals surface area contributed by atoms with Gasteiger partial charge in [-0.2, -0.15) is 0 Å². The Balaban J connectivity index is 2.21. The van der Waals surface area contributed by atoms with Crippen LogP contribution in [0.3, 0.4) is 0 Å². The lowest BCUT2D eigenvalue weighted by atomic mass is 10.1. The van der Waals surface area contributed by atoms with Gasteiger partial charge in [-0.25, -0.2) is 4.98 Å². The van der Waals surface area contributed by atoms with Crippen LogP contribution in [0, 0.1) is 0 Å². The summed E-state index contributed by atoms with van der Waals surface area (Å²) in [6.07, 6.45) is 3.04. The molecule has 0 spiro atoms. The number of nitrogens with two attached hydrogens (primary N) is 1. The Hall–Kier alpha value is -1.13. The summed E-state index contributed by atoms with van der Waals surface area (Å²) in [4.78, 5) is 9.36. The molecule has 2 heterocycles. The van der Waals surface area contributed by atoms with Gasteiger partial charge in [0.2, 0.25) is 0 Å². The summed E-state index contributed by atoms with van der Waals surface area (Å²) in [5.41, 5.74) is 7.19. The Labute approximate surface area is 110 Å². The number of likely N-dealkylation sites (N-methyl/N-ethyl adjacent to an activating group) is 1. The normalized spacial score (nSPS) is 23.1. The molecule has 0 radical (unpaired) electrons. The van der Waals surface area contributed by atoms with Gasteiger partial charge in [0, 0.05) is 43.5 Å². The molecule has 2 atom stereocenters. The van der Waals surface area contributed by atoms with Crippen molar-refractivity contribution in [2.24, 2.45) is 5.73 Å². The second kappa shape index (κ2) is 5.67. The van der Waals surface area contributed by atoms with Gasteiger partial charge in [0.05, 0.1) is 0 Å². The molecule has 2 rings (SSSR count). The minimum Gasteiger partial charge on any atom is -0.353 e. The van der Waals surface area contributed by atoms with Crippen molar-refractivity contribution < 1.29 is 0 Å². The van der Waals surface area contributed by atoms with Crippen molar-refractivity contribution in [1.82, 2.24) is 9.88 Å². The SMILES string of the molecule is CCC1CN(c2ncccc2[C@H](C)N)CCN1C. The van der Waals surface area contributed by atoms with Gasteiger partial charge >= 0.3 is 0 Å². The molecule has 0 aliphatic carbocycles. The zero-order valence-corrected chi connectivity index (χ0v) is 11.6. The molecule has 1 aromatic rings. The van der Waals surface area contributed by atoms with E-state index >= 15 is 0 Å². The molecule has 4 nitrogen and oxygen atoms in total. The van der Waals surface area contributed by atoms with Crippen molar-refractivity contribution in [2.75, 3.05) is 31.6 Å². The quantitative estimate of drug-likeness (QED) is 0.883. The molecular formula is C14H24N4. The number of nitrogens with zero attached hydrogens (tertiary/aromatic N) is 3. The average molecular weight is 248 g/mol. The van der Waals surface area contributed by atoms with E-state index in [1.54, 1.807) is 0 Å². The third-order valence-electron chi connectivity index (χ3n) is 3.86. The van der Waals surface area contributed by atoms with E-state index in [9.17, 15) is 0 Å². The van der Waals surface area contributed by atoms with Crippen molar-refractivity contribution in [3.8, 4) is 0 Å². The van der Waals surface area contributed by atoms with Crippen LogP contribution in [-0.2, 0) is 0 Å². The molecule has 1 unspecified atom stereocenters. The molecule has 1 saturated heterocycles. The van der Waals surface area contributed by atoms with E-state index in [2.05, 4.69) is 34.8 Å². The Morgan fingerprint density at radius 3 is 2.94 bits per heavy atom. The molecule has 100 valence electrons. The maximum atomic E-state index is 6.04. The summed E-state index contributed by atoms with van der Waals surface area (Å²) < 4.78 is 0. The highest BCUT2D eigenvalue weighted by Crippen LogP contribution is 2.24. The molecule has 0 amide bonds. The van der Waals surface area contributed by atoms with E-state index in [0.717, 1.165) is 31.0 Å². The maximum absolute atomic E-state index is 6.04. The Kier molecular flexibility index (Phi) is 4.19. The Morgan fingerprint density at radius 1 is 1.50 bits per heavy atom. The maximum Gasteiger partial charge on any atom is 0.133 e. The first kappa shape index (κ1) is 13.3. The van der Waals surface area contributed by atoms with Gasteiger partial charge in [-0.15, -0.1) is 0 Å². The fourth-order valence-corrected chi connectivity index (χ4v) is 2.61. The average Bonchev–Trinajstić information content (AvgIpc) is 2.39. The number of rotatable bonds is 3. The van der Waals surface area contributed by atoms with Gasteiger partial charge in [-0.3, -0.25) is 4.90 Å². The third-order valence-corrected chi connectivity index (χ3v) is 3.86. The zero-order chi connectivity index (χ0) is 13.1. The Bertz CT molecular complexity index is 391. The molecule has 1 fully saturated rings. The summed E-state index contributed by atoms with van der Waals surface area (Å²) in [7, 11) is 2.20. The predicted molar refractivity (Wildman–Crippen MR) is 75.8 cm³/mol. The van der Waals surface area contributed by atoms with Crippen LogP contribution in [-0.4, -0.2) is 42.6 Å². The fourth-order valence-electron chi connectivity index (χ4n) is 2.61. The summed E-state index contributed by atoms with van der Waals surface area (Å²) >= 11 is 0. The van der Waals surface area contributed by atoms with E-state index in [4.69, 9.17) is 5.73 Å². The van der Waals surface area contributed by atoms with Crippen molar-refractivity contribution >= 4 is 5.82 Å². The van der Waals surface area contributed by atoms with Crippen molar-refractivity contribution in [2.45, 2.75) is 32.4 Å². The van der Waals surface area contributed by atoms with Crippen LogP contribution in [0.5, 0.6) is 0 Å². The number of pyridine rings is 1. The molecule has 1 aliphatic heterocycles. The molecule has 18 heavy (non-hydrogen) atoms. The summed E-state index contributed by atoms with van der Waals surface area (Å²) in [6, 6.07) is 4.71. The summed E-state index contributed by atoms with van der Waals surface area (Å²) in [5, 5.41) is 0. The first-order valence-corrected chi connectivity index (χ1v) is 6.79. The number of hydrogen-bond acceptors (Lipinski definition) is 4. The van der Waals surface area contributed by atoms with Gasteiger partial charge in [-0.1, -0.05) is 13.0 Å². The second-order valence-corrected chi connectivity index (χ2v) is 5.19. The first-order valence-electron chi connectivity index (χ1n) is 6.79. The van der Waals surface area contributed by atoms with Gasteiger partial charge in [0.25, 0.3) is 0 Å². The van der Waals surface area contributed by atoms with Crippen LogP contribution < -0.4 is 10.6 Å². The van der Waals surface area contributed by atoms with Crippen LogP contribution >= 0.6 is 0 Å². The second-order valence-electron chi connectivity index (χ2n) is 5.19. The minimum atomic E-state index is 0.0356. The first-order chi connectivity index (χ1) is 8.63. The van der Waals surface area contributed by atoms with Gasteiger partial charge < -0.3 is 10.6 Å². The molecular weight excluding hydrogens is 224 g/mol. The predicted octanol–water partition coefficient (Wildman–Crippen LogP) is 1.63. The number of anilines is 1. The number of piperazine rings is 1. The molecule has 1 aromatic heterocycles. The number of aromatic nitrogens is 1. The lowest BCUT2D eigenvalue weighted by molar-refractivity contribution is 0.212. The zero-order valence-electron chi connectivity index (χ0n) is 11.6. The molecule has 1 aliphatic rings. The minimum absolute atomic E-state index is 0.0356. The Morgan fingerprint density at radius 2 is 2.28 bits per heavy atom. The fraction of sp³-hybridized carbons (Fsp3) is 0.643. The van der Waals surface area contributed by atoms with Crippen molar-refractivity contribution in [1.29, 1.82) is 0 Å². The van der Waals surface area contributed by atoms with Gasteiger partial charge in [0.15, 0.2) is 0 Å². The lowest BCUT2D eigenvalue weighted by Crippen LogP contribution is -2.51. The van der Waals surface area contributed by atoms with E-state index in [0.29, 0.717) is 6.04 Å². The van der Waals surface area contributed by atoms with Crippen LogP contribution in [0.25, 0.3) is 0 Å². The number of hydrogen-bond donors (Lipinski definition) is 1. The summed E-state index contributed by atoms with van der Waals surface area (Å²) in [5.74, 6) is 1.07. The molecule has 0 aromatic carbocycles. The van der Waals surface area contributed by atoms with E-state index < -0.39 is 0 Å². The van der Waals surface area contributed by atoms with Crippen molar-refractivity contribution in [3.63, 3.8) is 0 Å². The van der Waals surface area contributed by atoms with E-state index in [-0.39, 0.29) is 6.04 Å². The molecule has 2 N–H and O–H groups in total. The highest BCUT2D eigenvalue weighted by atomic mass is 15.3. The standard InChI is InChI=1S/C14H24N4/c1-4-12-10-18(9-8-17(12)3)14-13(11(2)15)6-5-7-16-14/h5-7,11-12H,4,8-10,15H2,1-3H3/t11-,12?/m0/s1. The summed E-state index contributed by atoms with van der Waals surface area (Å²) in [6.45, 7) is 7.43. The molecule has 4 heteroatoms. The highest BCUT2D eigenvalue weighted by molar-refractivity contribution is 5.48. The van der Waals surface area contributed by atoms with Crippen molar-refractivity contribution in [3.05, 3.63) is 23.9 Å². The van der Waals surface area contributed by atoms with E-state index in [1.165, 1.54) is 6.42 Å². The van der Waals surface area contributed by atoms with Gasteiger partial charge in [-0.05, 0) is 26.5 Å². The topological polar surface area (TPSA) is 45.4 Å². The highest BCUT2D eigenvalue weighted by Gasteiger charge is 2.25. The smallest absolute Gasteiger partial charge is 0.133 e. The van der Waals surface area contributed by atoms with Crippen LogP contribution in [0.2, 0.25) is 0 Å². The van der Waals surface area contributed by atoms with Crippen LogP contribution in [0.4, 0.5) is 5.82 Å². The molecule has 0 bridgehead atoms. The van der Waals surface area contributed by atoms with Crippen LogP contribution in [0.1, 0.15) is 31.9 Å². The van der Waals surface area contributed by atoms with Crippen LogP contribution in [0.15, 0.2) is 18.3 Å². The van der Waals surface area contributed by atoms with Gasteiger partial charge in [0.1, 0.15) is 5.82 Å². The third kappa shape index (κ3) is 2.65. The molecule has 0 saturated carbocycles. The monoisotopic (exact) mass is 248 g/mol. The lowest BCUT2D eigenvalue weighted by Gasteiger charge is -2.40. The largest absolute Gasteiger partial charge is 0.353 e. The van der Waals surface area contributed by atoms with E-state index in [1.807, 2.05) is 19.2 Å².